The zero-order chi connectivity index (χ0) is 22.1. The molecule has 0 fully saturated rings. The summed E-state index contributed by atoms with van der Waals surface area (Å²) in [6.45, 7) is 7.86. The number of benzene rings is 1. The number of rotatable bonds is 5. The highest BCUT2D eigenvalue weighted by molar-refractivity contribution is 7.90. The van der Waals surface area contributed by atoms with Crippen LogP contribution < -0.4 is 21.3 Å². The number of sulfonamides is 1. The van der Waals surface area contributed by atoms with E-state index in [1.165, 1.54) is 7.05 Å². The number of nitrogens with one attached hydrogen (secondary N) is 2. The molecule has 158 valence electrons. The molecule has 10 heteroatoms. The number of urea groups is 1. The molecule has 2 rings (SSSR count). The number of carbonyl (C=O) groups excluding carboxylic acids is 1. The first-order valence-corrected chi connectivity index (χ1v) is 10.6. The Kier molecular flexibility index (Phi) is 6.37. The van der Waals surface area contributed by atoms with Crippen LogP contribution in [-0.4, -0.2) is 23.6 Å². The normalized spacial score (nSPS) is 11.7. The smallest absolute Gasteiger partial charge is 0.307 e. The lowest BCUT2D eigenvalue weighted by molar-refractivity contribution is 0.256. The topological polar surface area (TPSA) is 119 Å². The summed E-state index contributed by atoms with van der Waals surface area (Å²) in [6, 6.07) is 4.63. The summed E-state index contributed by atoms with van der Waals surface area (Å²) < 4.78 is 28.7. The number of aromatic nitrogens is 2. The number of nitrogens with zero attached hydrogens (tertiary/aromatic N) is 2. The molecule has 2 amide bonds. The van der Waals surface area contributed by atoms with Crippen LogP contribution in [0.3, 0.4) is 0 Å². The summed E-state index contributed by atoms with van der Waals surface area (Å²) in [6.07, 6.45) is 0.891. The second-order valence-corrected chi connectivity index (χ2v) is 9.08. The van der Waals surface area contributed by atoms with Gasteiger partial charge >= 0.3 is 11.7 Å². The zero-order valence-electron chi connectivity index (χ0n) is 17.3. The largest absolute Gasteiger partial charge is 0.333 e. The van der Waals surface area contributed by atoms with Crippen LogP contribution in [0, 0.1) is 0 Å². The Morgan fingerprint density at radius 3 is 2.00 bits per heavy atom. The molecule has 0 aliphatic rings. The van der Waals surface area contributed by atoms with Gasteiger partial charge in [0.15, 0.2) is 4.90 Å². The molecule has 0 radical (unpaired) electrons. The van der Waals surface area contributed by atoms with Crippen molar-refractivity contribution >= 4 is 21.7 Å². The molecule has 9 nitrogen and oxygen atoms in total. The molecule has 0 bridgehead atoms. The Bertz CT molecular complexity index is 1130. The van der Waals surface area contributed by atoms with E-state index in [0.717, 1.165) is 28.9 Å². The monoisotopic (exact) mass is 422 g/mol. The maximum atomic E-state index is 12.6. The van der Waals surface area contributed by atoms with E-state index in [1.54, 1.807) is 0 Å². The molecule has 1 heterocycles. The van der Waals surface area contributed by atoms with Crippen LogP contribution in [0.25, 0.3) is 0 Å². The van der Waals surface area contributed by atoms with Crippen molar-refractivity contribution in [1.29, 1.82) is 0 Å². The standard InChI is InChI=1S/C19H26N4O5S/c1-11(2)13-8-7-9-14(12(3)4)16(13)20-18(25)21-29(27,28)15-10-22(5)19(26)23(6)17(15)24/h7-12H,1-6H3,(H2,20,21,25). The number of anilines is 1. The van der Waals surface area contributed by atoms with Crippen molar-refractivity contribution < 1.29 is 13.2 Å². The molecule has 0 saturated heterocycles. The Morgan fingerprint density at radius 2 is 1.52 bits per heavy atom. The molecule has 1 aromatic carbocycles. The highest BCUT2D eigenvalue weighted by Crippen LogP contribution is 2.32. The molecule has 2 aromatic rings. The van der Waals surface area contributed by atoms with Gasteiger partial charge in [-0.1, -0.05) is 45.9 Å². The number of amides is 2. The quantitative estimate of drug-likeness (QED) is 0.762. The van der Waals surface area contributed by atoms with Gasteiger partial charge in [0.2, 0.25) is 0 Å². The summed E-state index contributed by atoms with van der Waals surface area (Å²) in [5, 5.41) is 2.62. The molecular weight excluding hydrogens is 396 g/mol. The average Bonchev–Trinajstić information content (AvgIpc) is 2.61. The molecule has 1 aromatic heterocycles. The fraction of sp³-hybridized carbons (Fsp3) is 0.421. The molecule has 0 saturated carbocycles. The predicted molar refractivity (Wildman–Crippen MR) is 111 cm³/mol. The second kappa shape index (κ2) is 8.24. The van der Waals surface area contributed by atoms with Gasteiger partial charge in [0.05, 0.1) is 0 Å². The molecule has 0 spiro atoms. The van der Waals surface area contributed by atoms with Gasteiger partial charge in [0.25, 0.3) is 15.6 Å². The molecule has 0 aliphatic carbocycles. The number of para-hydroxylation sites is 1. The van der Waals surface area contributed by atoms with E-state index in [9.17, 15) is 22.8 Å². The molecule has 0 atom stereocenters. The fourth-order valence-electron chi connectivity index (χ4n) is 2.97. The van der Waals surface area contributed by atoms with Crippen LogP contribution in [-0.2, 0) is 24.1 Å². The fourth-order valence-corrected chi connectivity index (χ4v) is 4.04. The third-order valence-electron chi connectivity index (χ3n) is 4.54. The first kappa shape index (κ1) is 22.4. The summed E-state index contributed by atoms with van der Waals surface area (Å²) in [5.74, 6) is 0.188. The first-order valence-electron chi connectivity index (χ1n) is 9.10. The average molecular weight is 423 g/mol. The third kappa shape index (κ3) is 4.58. The van der Waals surface area contributed by atoms with Crippen LogP contribution in [0.5, 0.6) is 0 Å². The van der Waals surface area contributed by atoms with Crippen molar-refractivity contribution in [3.63, 3.8) is 0 Å². The SMILES string of the molecule is CC(C)c1cccc(C(C)C)c1NC(=O)NS(=O)(=O)c1cn(C)c(=O)n(C)c1=O. The summed E-state index contributed by atoms with van der Waals surface area (Å²) in [4.78, 5) is 35.8. The summed E-state index contributed by atoms with van der Waals surface area (Å²) in [5.41, 5.74) is 0.576. The van der Waals surface area contributed by atoms with Gasteiger partial charge in [-0.3, -0.25) is 9.36 Å². The van der Waals surface area contributed by atoms with Crippen molar-refractivity contribution in [2.45, 2.75) is 44.4 Å². The van der Waals surface area contributed by atoms with Crippen LogP contribution in [0.2, 0.25) is 0 Å². The van der Waals surface area contributed by atoms with Crippen LogP contribution in [0.15, 0.2) is 38.9 Å². The molecular formula is C19H26N4O5S. The van der Waals surface area contributed by atoms with Gasteiger partial charge in [-0.05, 0) is 23.0 Å². The van der Waals surface area contributed by atoms with Gasteiger partial charge in [-0.2, -0.15) is 0 Å². The van der Waals surface area contributed by atoms with Gasteiger partial charge in [-0.15, -0.1) is 0 Å². The lowest BCUT2D eigenvalue weighted by Gasteiger charge is -2.20. The van der Waals surface area contributed by atoms with E-state index in [2.05, 4.69) is 5.32 Å². The Balaban J connectivity index is 2.42. The lowest BCUT2D eigenvalue weighted by atomic mass is 9.93. The number of hydrogen-bond donors (Lipinski definition) is 2. The predicted octanol–water partition coefficient (Wildman–Crippen LogP) is 1.84. The zero-order valence-corrected chi connectivity index (χ0v) is 18.1. The highest BCUT2D eigenvalue weighted by Gasteiger charge is 2.25. The molecule has 0 aliphatic heterocycles. The maximum Gasteiger partial charge on any atom is 0.333 e. The van der Waals surface area contributed by atoms with Crippen LogP contribution >= 0.6 is 0 Å². The molecule has 0 unspecified atom stereocenters. The Morgan fingerprint density at radius 1 is 1.00 bits per heavy atom. The Hall–Kier alpha value is -2.88. The molecule has 29 heavy (non-hydrogen) atoms. The number of aryl methyl sites for hydroxylation is 1. The summed E-state index contributed by atoms with van der Waals surface area (Å²) >= 11 is 0. The van der Waals surface area contributed by atoms with Gasteiger partial charge in [0.1, 0.15) is 0 Å². The van der Waals surface area contributed by atoms with Crippen molar-refractivity contribution in [3.05, 3.63) is 56.4 Å². The van der Waals surface area contributed by atoms with Crippen LogP contribution in [0.1, 0.15) is 50.7 Å². The molecule has 2 N–H and O–H groups in total. The lowest BCUT2D eigenvalue weighted by Crippen LogP contribution is -2.43. The maximum absolute atomic E-state index is 12.6. The van der Waals surface area contributed by atoms with E-state index < -0.39 is 32.2 Å². The van der Waals surface area contributed by atoms with E-state index >= 15 is 0 Å². The van der Waals surface area contributed by atoms with Crippen molar-refractivity contribution in [1.82, 2.24) is 13.9 Å². The number of carbonyl (C=O) groups is 1. The minimum absolute atomic E-state index is 0.0940. The summed E-state index contributed by atoms with van der Waals surface area (Å²) in [7, 11) is -2.01. The van der Waals surface area contributed by atoms with Crippen LogP contribution in [0.4, 0.5) is 10.5 Å². The number of hydrogen-bond acceptors (Lipinski definition) is 5. The van der Waals surface area contributed by atoms with Crippen molar-refractivity contribution in [2.24, 2.45) is 14.1 Å². The van der Waals surface area contributed by atoms with E-state index in [1.807, 2.05) is 50.6 Å². The highest BCUT2D eigenvalue weighted by atomic mass is 32.2. The van der Waals surface area contributed by atoms with E-state index in [4.69, 9.17) is 0 Å². The van der Waals surface area contributed by atoms with Crippen molar-refractivity contribution in [2.75, 3.05) is 5.32 Å². The van der Waals surface area contributed by atoms with Crippen molar-refractivity contribution in [3.8, 4) is 0 Å². The minimum atomic E-state index is -4.49. The Labute approximate surface area is 169 Å². The van der Waals surface area contributed by atoms with E-state index in [0.29, 0.717) is 10.3 Å². The third-order valence-corrected chi connectivity index (χ3v) is 5.86. The second-order valence-electron chi connectivity index (χ2n) is 7.43. The van der Waals surface area contributed by atoms with Gasteiger partial charge in [0, 0.05) is 26.0 Å². The van der Waals surface area contributed by atoms with Gasteiger partial charge < -0.3 is 9.88 Å². The minimum Gasteiger partial charge on any atom is -0.307 e. The first-order chi connectivity index (χ1) is 13.4. The van der Waals surface area contributed by atoms with Gasteiger partial charge in [-0.25, -0.2) is 22.7 Å². The van der Waals surface area contributed by atoms with E-state index in [-0.39, 0.29) is 11.8 Å².